The highest BCUT2D eigenvalue weighted by Gasteiger charge is 2.35. The van der Waals surface area contributed by atoms with Crippen LogP contribution in [-0.4, -0.2) is 76.5 Å². The Hall–Kier alpha value is -2.36. The molecule has 0 radical (unpaired) electrons. The highest BCUT2D eigenvalue weighted by molar-refractivity contribution is 7.99. The van der Waals surface area contributed by atoms with Gasteiger partial charge in [-0.2, -0.15) is 24.9 Å². The van der Waals surface area contributed by atoms with Crippen molar-refractivity contribution in [2.45, 2.75) is 37.8 Å². The van der Waals surface area contributed by atoms with Crippen molar-refractivity contribution in [2.24, 2.45) is 0 Å². The Balaban J connectivity index is 1.55. The third-order valence-electron chi connectivity index (χ3n) is 6.16. The lowest BCUT2D eigenvalue weighted by Crippen LogP contribution is -2.51. The van der Waals surface area contributed by atoms with Crippen molar-refractivity contribution >= 4 is 17.8 Å². The zero-order valence-electron chi connectivity index (χ0n) is 18.6. The van der Waals surface area contributed by atoms with E-state index in [0.717, 1.165) is 42.3 Å². The number of amides is 2. The average Bonchev–Trinajstić information content (AvgIpc) is 3.27. The summed E-state index contributed by atoms with van der Waals surface area (Å²) in [4.78, 5) is 17.1. The van der Waals surface area contributed by atoms with Crippen molar-refractivity contribution in [1.29, 1.82) is 0 Å². The van der Waals surface area contributed by atoms with Gasteiger partial charge in [0.2, 0.25) is 5.88 Å². The summed E-state index contributed by atoms with van der Waals surface area (Å²) in [5.41, 5.74) is 2.10. The van der Waals surface area contributed by atoms with Gasteiger partial charge >= 0.3 is 12.2 Å². The lowest BCUT2D eigenvalue weighted by molar-refractivity contribution is -0.127. The molecule has 2 aliphatic rings. The number of aromatic amines is 1. The third-order valence-corrected chi connectivity index (χ3v) is 7.11. The molecule has 0 aliphatic carbocycles. The molecule has 180 valence electrons. The smallest absolute Gasteiger partial charge is 0.393 e. The van der Waals surface area contributed by atoms with Crippen LogP contribution in [-0.2, 0) is 6.42 Å². The Kier molecular flexibility index (Phi) is 7.41. The number of urea groups is 1. The number of piperidine rings is 1. The van der Waals surface area contributed by atoms with Gasteiger partial charge in [-0.25, -0.2) is 4.79 Å². The molecular weight excluding hydrogens is 453 g/mol. The van der Waals surface area contributed by atoms with E-state index in [4.69, 9.17) is 4.74 Å². The number of carbonyl (C=O) groups excluding carboxylic acids is 1. The van der Waals surface area contributed by atoms with E-state index >= 15 is 0 Å². The number of H-pyrrole nitrogens is 1. The fourth-order valence-corrected chi connectivity index (χ4v) is 5.47. The maximum Gasteiger partial charge on any atom is 0.393 e. The molecule has 3 heterocycles. The van der Waals surface area contributed by atoms with Gasteiger partial charge in [-0.15, -0.1) is 5.10 Å². The Morgan fingerprint density at radius 3 is 2.52 bits per heavy atom. The van der Waals surface area contributed by atoms with E-state index in [2.05, 4.69) is 10.2 Å². The molecule has 0 spiro atoms. The van der Waals surface area contributed by atoms with Gasteiger partial charge in [0.1, 0.15) is 0 Å². The van der Waals surface area contributed by atoms with Gasteiger partial charge in [0.15, 0.2) is 0 Å². The van der Waals surface area contributed by atoms with E-state index in [1.54, 1.807) is 24.3 Å². The SMILES string of the molecule is CCOc1cc(C2CC(c3ccc(CC(F)(F)F)cc3)CN(C(=O)N3CCSCC3)C2)[nH]n1. The van der Waals surface area contributed by atoms with Crippen LogP contribution >= 0.6 is 11.8 Å². The largest absolute Gasteiger partial charge is 0.477 e. The van der Waals surface area contributed by atoms with Crippen molar-refractivity contribution in [2.75, 3.05) is 44.3 Å². The molecule has 2 saturated heterocycles. The number of alkyl halides is 3. The van der Waals surface area contributed by atoms with Crippen LogP contribution in [0.1, 0.15) is 42.0 Å². The number of thioether (sulfide) groups is 1. The van der Waals surface area contributed by atoms with Crippen molar-refractivity contribution in [3.63, 3.8) is 0 Å². The summed E-state index contributed by atoms with van der Waals surface area (Å²) in [6, 6.07) is 8.54. The molecule has 0 saturated carbocycles. The molecule has 6 nitrogen and oxygen atoms in total. The summed E-state index contributed by atoms with van der Waals surface area (Å²) in [6.07, 6.45) is -4.40. The fraction of sp³-hybridized carbons (Fsp3) is 0.565. The van der Waals surface area contributed by atoms with Gasteiger partial charge < -0.3 is 14.5 Å². The van der Waals surface area contributed by atoms with Crippen molar-refractivity contribution in [3.05, 3.63) is 47.2 Å². The minimum atomic E-state index is -4.23. The number of ether oxygens (including phenoxy) is 1. The molecule has 2 unspecified atom stereocenters. The highest BCUT2D eigenvalue weighted by atomic mass is 32.2. The van der Waals surface area contributed by atoms with Crippen LogP contribution in [0.15, 0.2) is 30.3 Å². The quantitative estimate of drug-likeness (QED) is 0.674. The number of hydrogen-bond donors (Lipinski definition) is 1. The van der Waals surface area contributed by atoms with E-state index in [9.17, 15) is 18.0 Å². The molecule has 10 heteroatoms. The van der Waals surface area contributed by atoms with Gasteiger partial charge in [0.05, 0.1) is 13.0 Å². The molecule has 1 N–H and O–H groups in total. The summed E-state index contributed by atoms with van der Waals surface area (Å²) in [5.74, 6) is 2.45. The second kappa shape index (κ2) is 10.3. The molecule has 2 fully saturated rings. The number of halogens is 3. The van der Waals surface area contributed by atoms with Crippen LogP contribution in [0.25, 0.3) is 0 Å². The van der Waals surface area contributed by atoms with Crippen LogP contribution in [0, 0.1) is 0 Å². The van der Waals surface area contributed by atoms with E-state index in [1.807, 2.05) is 34.6 Å². The van der Waals surface area contributed by atoms with Gasteiger partial charge in [0, 0.05) is 61.3 Å². The third kappa shape index (κ3) is 6.16. The number of hydrogen-bond acceptors (Lipinski definition) is 4. The predicted octanol–water partition coefficient (Wildman–Crippen LogP) is 4.66. The summed E-state index contributed by atoms with van der Waals surface area (Å²) in [5, 5.41) is 7.27. The van der Waals surface area contributed by atoms with Gasteiger partial charge in [-0.1, -0.05) is 24.3 Å². The zero-order valence-corrected chi connectivity index (χ0v) is 19.4. The lowest BCUT2D eigenvalue weighted by atomic mass is 9.83. The fourth-order valence-electron chi connectivity index (χ4n) is 4.56. The van der Waals surface area contributed by atoms with Crippen LogP contribution in [0.4, 0.5) is 18.0 Å². The van der Waals surface area contributed by atoms with Gasteiger partial charge in [-0.05, 0) is 24.5 Å². The van der Waals surface area contributed by atoms with Crippen molar-refractivity contribution < 1.29 is 22.7 Å². The summed E-state index contributed by atoms with van der Waals surface area (Å²) >= 11 is 1.85. The Bertz CT molecular complexity index is 929. The first kappa shape index (κ1) is 23.8. The average molecular weight is 483 g/mol. The number of rotatable bonds is 5. The summed E-state index contributed by atoms with van der Waals surface area (Å²) in [7, 11) is 0. The van der Waals surface area contributed by atoms with E-state index in [-0.39, 0.29) is 23.4 Å². The Morgan fingerprint density at radius 2 is 1.85 bits per heavy atom. The first-order chi connectivity index (χ1) is 15.8. The Morgan fingerprint density at radius 1 is 1.15 bits per heavy atom. The number of likely N-dealkylation sites (tertiary alicyclic amines) is 1. The zero-order chi connectivity index (χ0) is 23.4. The van der Waals surface area contributed by atoms with E-state index < -0.39 is 12.6 Å². The molecule has 4 rings (SSSR count). The first-order valence-electron chi connectivity index (χ1n) is 11.3. The van der Waals surface area contributed by atoms with Gasteiger partial charge in [-0.3, -0.25) is 5.10 Å². The molecule has 2 aromatic rings. The van der Waals surface area contributed by atoms with Crippen LogP contribution < -0.4 is 4.74 Å². The number of aromatic nitrogens is 2. The lowest BCUT2D eigenvalue weighted by Gasteiger charge is -2.41. The second-order valence-corrected chi connectivity index (χ2v) is 9.77. The standard InChI is InChI=1S/C23H29F3N4O2S/c1-2-32-21-12-20(27-28-21)19-11-18(17-5-3-16(4-6-17)13-23(24,25)26)14-30(15-19)22(31)29-7-9-33-10-8-29/h3-6,12,18-19H,2,7-11,13-15H2,1H3,(H,27,28). The number of nitrogens with one attached hydrogen (secondary N) is 1. The number of carbonyl (C=O) groups is 1. The van der Waals surface area contributed by atoms with Crippen LogP contribution in [0.3, 0.4) is 0 Å². The Labute approximate surface area is 195 Å². The minimum absolute atomic E-state index is 0.0191. The number of benzene rings is 1. The molecule has 2 amide bonds. The molecular formula is C23H29F3N4O2S. The number of nitrogens with zero attached hydrogens (tertiary/aromatic N) is 3. The maximum absolute atomic E-state index is 13.3. The summed E-state index contributed by atoms with van der Waals surface area (Å²) in [6.45, 7) is 4.99. The molecule has 1 aromatic heterocycles. The van der Waals surface area contributed by atoms with Gasteiger partial charge in [0.25, 0.3) is 0 Å². The molecule has 1 aromatic carbocycles. The predicted molar refractivity (Wildman–Crippen MR) is 122 cm³/mol. The van der Waals surface area contributed by atoms with E-state index in [1.165, 1.54) is 0 Å². The van der Waals surface area contributed by atoms with E-state index in [0.29, 0.717) is 25.6 Å². The molecule has 2 aliphatic heterocycles. The van der Waals surface area contributed by atoms with Crippen LogP contribution in [0.2, 0.25) is 0 Å². The van der Waals surface area contributed by atoms with Crippen molar-refractivity contribution in [3.8, 4) is 5.88 Å². The summed E-state index contributed by atoms with van der Waals surface area (Å²) < 4.78 is 43.7. The molecule has 2 atom stereocenters. The maximum atomic E-state index is 13.3. The molecule has 33 heavy (non-hydrogen) atoms. The monoisotopic (exact) mass is 482 g/mol. The second-order valence-electron chi connectivity index (χ2n) is 8.54. The topological polar surface area (TPSA) is 61.5 Å². The van der Waals surface area contributed by atoms with Crippen LogP contribution in [0.5, 0.6) is 5.88 Å². The normalized spacial score (nSPS) is 21.8. The molecule has 0 bridgehead atoms. The highest BCUT2D eigenvalue weighted by Crippen LogP contribution is 2.37. The first-order valence-corrected chi connectivity index (χ1v) is 12.4. The minimum Gasteiger partial charge on any atom is -0.477 e. The van der Waals surface area contributed by atoms with Crippen molar-refractivity contribution in [1.82, 2.24) is 20.0 Å².